The Balaban J connectivity index is 1.51. The van der Waals surface area contributed by atoms with Crippen molar-refractivity contribution in [2.75, 3.05) is 11.4 Å². The van der Waals surface area contributed by atoms with Crippen molar-refractivity contribution < 1.29 is 14.3 Å². The van der Waals surface area contributed by atoms with E-state index in [2.05, 4.69) is 5.32 Å². The average Bonchev–Trinajstić information content (AvgIpc) is 3.49. The molecule has 2 atom stereocenters. The molecule has 1 saturated carbocycles. The molecule has 0 aromatic heterocycles. The van der Waals surface area contributed by atoms with Crippen molar-refractivity contribution in [1.29, 1.82) is 0 Å². The minimum Gasteiger partial charge on any atom is -0.479 e. The number of nitrogens with zero attached hydrogens (tertiary/aromatic N) is 1. The number of benzene rings is 2. The maximum atomic E-state index is 12.7. The molecule has 2 aliphatic rings. The van der Waals surface area contributed by atoms with Crippen molar-refractivity contribution in [2.24, 2.45) is 5.92 Å². The minimum atomic E-state index is -0.592. The van der Waals surface area contributed by atoms with Gasteiger partial charge in [0.05, 0.1) is 11.7 Å². The summed E-state index contributed by atoms with van der Waals surface area (Å²) in [6.07, 6.45) is 1.65. The van der Waals surface area contributed by atoms with E-state index in [1.54, 1.807) is 6.92 Å². The zero-order chi connectivity index (χ0) is 18.1. The number of fused-ring (bicyclic) bond motifs is 1. The van der Waals surface area contributed by atoms with Crippen molar-refractivity contribution in [3.63, 3.8) is 0 Å². The highest BCUT2D eigenvalue weighted by Gasteiger charge is 2.36. The molecule has 1 aliphatic heterocycles. The van der Waals surface area contributed by atoms with Crippen LogP contribution in [0.4, 0.5) is 5.69 Å². The largest absolute Gasteiger partial charge is 0.479 e. The van der Waals surface area contributed by atoms with Crippen LogP contribution in [0, 0.1) is 5.92 Å². The number of nitrogens with one attached hydrogen (secondary N) is 1. The summed E-state index contributed by atoms with van der Waals surface area (Å²) in [6, 6.07) is 17.4. The molecule has 5 heteroatoms. The fourth-order valence-electron chi connectivity index (χ4n) is 3.45. The van der Waals surface area contributed by atoms with Crippen LogP contribution in [0.15, 0.2) is 54.6 Å². The molecule has 5 nitrogen and oxygen atoms in total. The number of hydrogen-bond acceptors (Lipinski definition) is 3. The molecule has 134 valence electrons. The van der Waals surface area contributed by atoms with Crippen molar-refractivity contribution in [3.8, 4) is 5.75 Å². The number of rotatable bonds is 5. The van der Waals surface area contributed by atoms with E-state index in [4.69, 9.17) is 4.74 Å². The first kappa shape index (κ1) is 16.6. The maximum absolute atomic E-state index is 12.7. The Morgan fingerprint density at radius 3 is 2.58 bits per heavy atom. The Hall–Kier alpha value is -2.82. The van der Waals surface area contributed by atoms with Gasteiger partial charge in [0.25, 0.3) is 5.91 Å². The zero-order valence-corrected chi connectivity index (χ0v) is 14.7. The normalized spacial score (nSPS) is 20.1. The maximum Gasteiger partial charge on any atom is 0.268 e. The lowest BCUT2D eigenvalue weighted by Crippen LogP contribution is -2.49. The van der Waals surface area contributed by atoms with Gasteiger partial charge in [-0.1, -0.05) is 42.5 Å². The number of carbonyl (C=O) groups excluding carboxylic acids is 2. The summed E-state index contributed by atoms with van der Waals surface area (Å²) in [5, 5.41) is 3.14. The number of para-hydroxylation sites is 2. The number of ether oxygens (including phenoxy) is 1. The first-order chi connectivity index (χ1) is 12.6. The molecule has 0 saturated heterocycles. The van der Waals surface area contributed by atoms with Gasteiger partial charge in [0.2, 0.25) is 5.91 Å². The number of carbonyl (C=O) groups is 2. The fraction of sp³-hybridized carbons (Fsp3) is 0.333. The monoisotopic (exact) mass is 350 g/mol. The van der Waals surface area contributed by atoms with Crippen molar-refractivity contribution in [1.82, 2.24) is 5.32 Å². The van der Waals surface area contributed by atoms with Crippen LogP contribution in [0.2, 0.25) is 0 Å². The number of anilines is 1. The van der Waals surface area contributed by atoms with E-state index in [0.29, 0.717) is 17.4 Å². The van der Waals surface area contributed by atoms with Crippen molar-refractivity contribution in [2.45, 2.75) is 31.9 Å². The lowest BCUT2D eigenvalue weighted by Gasteiger charge is -2.33. The van der Waals surface area contributed by atoms with Crippen LogP contribution < -0.4 is 15.0 Å². The van der Waals surface area contributed by atoms with E-state index in [1.807, 2.05) is 54.6 Å². The molecule has 0 bridgehead atoms. The molecule has 1 fully saturated rings. The van der Waals surface area contributed by atoms with Crippen LogP contribution in [0.1, 0.15) is 31.4 Å². The van der Waals surface area contributed by atoms with Gasteiger partial charge in [-0.3, -0.25) is 14.5 Å². The Bertz CT molecular complexity index is 817. The van der Waals surface area contributed by atoms with E-state index >= 15 is 0 Å². The van der Waals surface area contributed by atoms with Crippen molar-refractivity contribution in [3.05, 3.63) is 60.2 Å². The standard InChI is InChI=1S/C21H22N2O3/c1-14-21(25)23(17-9-5-6-10-18(17)26-14)13-19(24)22-20(16-11-12-16)15-7-3-2-4-8-15/h2-10,14,16,20H,11-13H2,1H3,(H,22,24)/t14-,20-/m0/s1. The molecule has 2 aromatic carbocycles. The second-order valence-corrected chi connectivity index (χ2v) is 6.95. The Kier molecular flexibility index (Phi) is 4.37. The first-order valence-corrected chi connectivity index (χ1v) is 9.05. The molecule has 1 heterocycles. The van der Waals surface area contributed by atoms with Gasteiger partial charge in [-0.2, -0.15) is 0 Å². The summed E-state index contributed by atoms with van der Waals surface area (Å²) in [5.41, 5.74) is 1.76. The van der Waals surface area contributed by atoms with Gasteiger partial charge in [-0.25, -0.2) is 0 Å². The second kappa shape index (κ2) is 6.83. The SMILES string of the molecule is C[C@@H]1Oc2ccccc2N(CC(=O)N[C@@H](c2ccccc2)C2CC2)C1=O. The predicted molar refractivity (Wildman–Crippen MR) is 98.9 cm³/mol. The molecular formula is C21H22N2O3. The summed E-state index contributed by atoms with van der Waals surface area (Å²) in [7, 11) is 0. The third-order valence-electron chi connectivity index (χ3n) is 4.94. The highest BCUT2D eigenvalue weighted by molar-refractivity contribution is 6.03. The third kappa shape index (κ3) is 3.29. The molecular weight excluding hydrogens is 328 g/mol. The summed E-state index contributed by atoms with van der Waals surface area (Å²) in [6.45, 7) is 1.71. The van der Waals surface area contributed by atoms with Crippen LogP contribution in [0.5, 0.6) is 5.75 Å². The van der Waals surface area contributed by atoms with Gasteiger partial charge >= 0.3 is 0 Å². The van der Waals surface area contributed by atoms with Gasteiger partial charge in [-0.05, 0) is 43.4 Å². The van der Waals surface area contributed by atoms with Crippen LogP contribution in [0.3, 0.4) is 0 Å². The van der Waals surface area contributed by atoms with E-state index in [9.17, 15) is 9.59 Å². The molecule has 1 N–H and O–H groups in total. The van der Waals surface area contributed by atoms with Gasteiger partial charge in [0.15, 0.2) is 6.10 Å². The average molecular weight is 350 g/mol. The smallest absolute Gasteiger partial charge is 0.268 e. The van der Waals surface area contributed by atoms with E-state index < -0.39 is 6.10 Å². The van der Waals surface area contributed by atoms with Crippen LogP contribution in [-0.2, 0) is 9.59 Å². The number of amides is 2. The summed E-state index contributed by atoms with van der Waals surface area (Å²) in [5.74, 6) is 0.770. The molecule has 0 radical (unpaired) electrons. The topological polar surface area (TPSA) is 58.6 Å². The Morgan fingerprint density at radius 1 is 1.15 bits per heavy atom. The summed E-state index contributed by atoms with van der Waals surface area (Å²) >= 11 is 0. The Labute approximate surface area is 153 Å². The van der Waals surface area contributed by atoms with Crippen LogP contribution >= 0.6 is 0 Å². The van der Waals surface area contributed by atoms with E-state index in [-0.39, 0.29) is 24.4 Å². The predicted octanol–water partition coefficient (Wildman–Crippen LogP) is 3.07. The van der Waals surface area contributed by atoms with Gasteiger partial charge in [-0.15, -0.1) is 0 Å². The van der Waals surface area contributed by atoms with E-state index in [1.165, 1.54) is 4.90 Å². The molecule has 2 amide bonds. The quantitative estimate of drug-likeness (QED) is 0.902. The lowest BCUT2D eigenvalue weighted by molar-refractivity contribution is -0.128. The van der Waals surface area contributed by atoms with Gasteiger partial charge in [0, 0.05) is 0 Å². The highest BCUT2D eigenvalue weighted by atomic mass is 16.5. The summed E-state index contributed by atoms with van der Waals surface area (Å²) in [4.78, 5) is 26.8. The van der Waals surface area contributed by atoms with Crippen LogP contribution in [0.25, 0.3) is 0 Å². The Morgan fingerprint density at radius 2 is 1.85 bits per heavy atom. The second-order valence-electron chi connectivity index (χ2n) is 6.95. The third-order valence-corrected chi connectivity index (χ3v) is 4.94. The highest BCUT2D eigenvalue weighted by Crippen LogP contribution is 2.41. The molecule has 2 aromatic rings. The van der Waals surface area contributed by atoms with E-state index in [0.717, 1.165) is 18.4 Å². The summed E-state index contributed by atoms with van der Waals surface area (Å²) < 4.78 is 5.63. The fourth-order valence-corrected chi connectivity index (χ4v) is 3.45. The zero-order valence-electron chi connectivity index (χ0n) is 14.7. The molecule has 4 rings (SSSR count). The van der Waals surface area contributed by atoms with Crippen molar-refractivity contribution >= 4 is 17.5 Å². The molecule has 0 spiro atoms. The number of hydrogen-bond donors (Lipinski definition) is 1. The van der Waals surface area contributed by atoms with Gasteiger partial charge < -0.3 is 10.1 Å². The first-order valence-electron chi connectivity index (χ1n) is 9.05. The van der Waals surface area contributed by atoms with Gasteiger partial charge in [0.1, 0.15) is 12.3 Å². The minimum absolute atomic E-state index is 0.000397. The molecule has 0 unspecified atom stereocenters. The van der Waals surface area contributed by atoms with Crippen LogP contribution in [-0.4, -0.2) is 24.5 Å². The lowest BCUT2D eigenvalue weighted by atomic mass is 10.0. The molecule has 1 aliphatic carbocycles. The molecule has 26 heavy (non-hydrogen) atoms.